The molecule has 0 amide bonds. The number of pyridine rings is 2. The summed E-state index contributed by atoms with van der Waals surface area (Å²) in [5.74, 6) is 0. The van der Waals surface area contributed by atoms with Crippen LogP contribution in [-0.2, 0) is 0 Å². The van der Waals surface area contributed by atoms with Crippen LogP contribution < -0.4 is 9.97 Å². The minimum Gasteiger partial charge on any atom is -0.418 e. The molecule has 12 heteroatoms. The molecule has 2 nitrogen and oxygen atoms in total. The van der Waals surface area contributed by atoms with E-state index in [-0.39, 0.29) is 0 Å². The van der Waals surface area contributed by atoms with Crippen molar-refractivity contribution in [3.8, 4) is 11.4 Å². The predicted molar refractivity (Wildman–Crippen MR) is 65.4 cm³/mol. The van der Waals surface area contributed by atoms with E-state index in [0.29, 0.717) is 0 Å². The van der Waals surface area contributed by atoms with E-state index in [0.717, 1.165) is 11.4 Å². The van der Waals surface area contributed by atoms with Crippen molar-refractivity contribution in [1.29, 1.82) is 0 Å². The van der Waals surface area contributed by atoms with Gasteiger partial charge < -0.3 is 34.5 Å². The van der Waals surface area contributed by atoms with Crippen LogP contribution in [0.2, 0.25) is 0 Å². The van der Waals surface area contributed by atoms with E-state index in [1.54, 1.807) is 0 Å². The zero-order chi connectivity index (χ0) is 17.2. The van der Waals surface area contributed by atoms with Crippen LogP contribution >= 0.6 is 0 Å². The number of aromatic amines is 2. The maximum Gasteiger partial charge on any atom is 0.673 e. The Hall–Kier alpha value is -2.13. The maximum absolute atomic E-state index is 9.75. The van der Waals surface area contributed by atoms with Gasteiger partial charge in [0.15, 0.2) is 12.4 Å². The van der Waals surface area contributed by atoms with Gasteiger partial charge in [0.2, 0.25) is 0 Å². The fourth-order valence-electron chi connectivity index (χ4n) is 1.12. The van der Waals surface area contributed by atoms with Gasteiger partial charge >= 0.3 is 14.5 Å². The second-order valence-electron chi connectivity index (χ2n) is 3.54. The second-order valence-corrected chi connectivity index (χ2v) is 3.54. The van der Waals surface area contributed by atoms with Crippen molar-refractivity contribution in [1.82, 2.24) is 0 Å². The zero-order valence-electron chi connectivity index (χ0n) is 10.8. The standard InChI is InChI=1S/C10H8N2.2BF4/c1-3-7-11-9(5-1)10-6-2-4-8-12-10;2*2-1(3,4)5/h1-8H;;/q;2*-1/p+2. The first-order chi connectivity index (χ1) is 9.97. The van der Waals surface area contributed by atoms with Crippen molar-refractivity contribution in [2.45, 2.75) is 0 Å². The van der Waals surface area contributed by atoms with Crippen LogP contribution in [0.25, 0.3) is 11.4 Å². The smallest absolute Gasteiger partial charge is 0.418 e. The van der Waals surface area contributed by atoms with Gasteiger partial charge in [-0.2, -0.15) is 0 Å². The van der Waals surface area contributed by atoms with Crippen molar-refractivity contribution >= 4 is 14.5 Å². The molecule has 2 N–H and O–H groups in total. The third-order valence-electron chi connectivity index (χ3n) is 1.71. The van der Waals surface area contributed by atoms with Gasteiger partial charge in [-0.15, -0.1) is 0 Å². The minimum absolute atomic E-state index is 1.10. The summed E-state index contributed by atoms with van der Waals surface area (Å²) in [5.41, 5.74) is 2.19. The van der Waals surface area contributed by atoms with E-state index in [2.05, 4.69) is 9.97 Å². The SMILES string of the molecule is F[B-](F)(F)F.F[B-](F)(F)F.c1ccc(-c2cccc[nH+]2)[nH+]c1. The van der Waals surface area contributed by atoms with Crippen molar-refractivity contribution in [3.63, 3.8) is 0 Å². The molecule has 2 rings (SSSR count). The van der Waals surface area contributed by atoms with E-state index in [4.69, 9.17) is 0 Å². The first-order valence-electron chi connectivity index (χ1n) is 5.65. The predicted octanol–water partition coefficient (Wildman–Crippen LogP) is 3.58. The molecule has 0 aliphatic rings. The average Bonchev–Trinajstić information content (AvgIpc) is 2.37. The average molecular weight is 332 g/mol. The highest BCUT2D eigenvalue weighted by molar-refractivity contribution is 6.50. The Morgan fingerprint density at radius 1 is 0.545 bits per heavy atom. The van der Waals surface area contributed by atoms with Gasteiger partial charge in [0.1, 0.15) is 0 Å². The Kier molecular flexibility index (Phi) is 8.13. The zero-order valence-corrected chi connectivity index (χ0v) is 10.8. The van der Waals surface area contributed by atoms with Gasteiger partial charge in [0.05, 0.1) is 0 Å². The summed E-state index contributed by atoms with van der Waals surface area (Å²) >= 11 is 0. The molecule has 0 spiro atoms. The number of hydrogen-bond donors (Lipinski definition) is 0. The quantitative estimate of drug-likeness (QED) is 0.564. The topological polar surface area (TPSA) is 28.3 Å². The van der Waals surface area contributed by atoms with Crippen LogP contribution in [-0.4, -0.2) is 14.5 Å². The highest BCUT2D eigenvalue weighted by Gasteiger charge is 2.21. The lowest BCUT2D eigenvalue weighted by atomic mass is 10.2. The third-order valence-corrected chi connectivity index (χ3v) is 1.71. The van der Waals surface area contributed by atoms with Crippen LogP contribution in [0.1, 0.15) is 0 Å². The normalized spacial score (nSPS) is 10.7. The van der Waals surface area contributed by atoms with Crippen molar-refractivity contribution in [3.05, 3.63) is 48.8 Å². The van der Waals surface area contributed by atoms with Gasteiger partial charge in [0, 0.05) is 24.3 Å². The van der Waals surface area contributed by atoms with Gasteiger partial charge in [-0.05, 0) is 12.1 Å². The Morgan fingerprint density at radius 3 is 1.00 bits per heavy atom. The number of nitrogens with one attached hydrogen (secondary N) is 2. The number of halogens is 8. The summed E-state index contributed by atoms with van der Waals surface area (Å²) in [7, 11) is -12.0. The molecule has 2 aromatic heterocycles. The fraction of sp³-hybridized carbons (Fsp3) is 0. The van der Waals surface area contributed by atoms with Crippen LogP contribution in [0.3, 0.4) is 0 Å². The Balaban J connectivity index is 0.000000372. The van der Waals surface area contributed by atoms with E-state index < -0.39 is 14.5 Å². The lowest BCUT2D eigenvalue weighted by Gasteiger charge is -1.94. The maximum atomic E-state index is 9.75. The third kappa shape index (κ3) is 15.9. The van der Waals surface area contributed by atoms with Crippen LogP contribution in [0, 0.1) is 0 Å². The molecule has 122 valence electrons. The summed E-state index contributed by atoms with van der Waals surface area (Å²) in [6.07, 6.45) is 3.83. The largest absolute Gasteiger partial charge is 0.673 e. The van der Waals surface area contributed by atoms with E-state index in [1.165, 1.54) is 0 Å². The summed E-state index contributed by atoms with van der Waals surface area (Å²) < 4.78 is 78.0. The summed E-state index contributed by atoms with van der Waals surface area (Å²) in [4.78, 5) is 6.31. The number of hydrogen-bond acceptors (Lipinski definition) is 0. The van der Waals surface area contributed by atoms with Gasteiger partial charge in [-0.25, -0.2) is 9.97 Å². The van der Waals surface area contributed by atoms with Crippen molar-refractivity contribution in [2.75, 3.05) is 0 Å². The molecular weight excluding hydrogens is 322 g/mol. The molecule has 0 saturated heterocycles. The van der Waals surface area contributed by atoms with E-state index in [9.17, 15) is 34.5 Å². The first kappa shape index (κ1) is 19.9. The molecular formula is C10H10B2F8N2. The van der Waals surface area contributed by atoms with Crippen molar-refractivity contribution in [2.24, 2.45) is 0 Å². The van der Waals surface area contributed by atoms with Crippen LogP contribution in [0.5, 0.6) is 0 Å². The molecule has 0 atom stereocenters. The first-order valence-corrected chi connectivity index (χ1v) is 5.65. The minimum atomic E-state index is -6.00. The van der Waals surface area contributed by atoms with E-state index >= 15 is 0 Å². The van der Waals surface area contributed by atoms with Gasteiger partial charge in [-0.1, -0.05) is 0 Å². The summed E-state index contributed by atoms with van der Waals surface area (Å²) in [5, 5.41) is 0. The molecule has 0 aromatic carbocycles. The molecule has 0 saturated carbocycles. The lowest BCUT2D eigenvalue weighted by molar-refractivity contribution is -0.402. The molecule has 0 bridgehead atoms. The van der Waals surface area contributed by atoms with Crippen LogP contribution in [0.4, 0.5) is 34.5 Å². The molecule has 2 heterocycles. The Labute approximate surface area is 120 Å². The van der Waals surface area contributed by atoms with Crippen LogP contribution in [0.15, 0.2) is 48.8 Å². The summed E-state index contributed by atoms with van der Waals surface area (Å²) in [6, 6.07) is 12.0. The van der Waals surface area contributed by atoms with Gasteiger partial charge in [-0.3, -0.25) is 0 Å². The van der Waals surface area contributed by atoms with Gasteiger partial charge in [0.25, 0.3) is 11.4 Å². The number of rotatable bonds is 1. The number of aromatic nitrogens is 2. The molecule has 22 heavy (non-hydrogen) atoms. The lowest BCUT2D eigenvalue weighted by Crippen LogP contribution is -2.13. The molecule has 0 radical (unpaired) electrons. The summed E-state index contributed by atoms with van der Waals surface area (Å²) in [6.45, 7) is 0. The molecule has 0 fully saturated rings. The molecule has 0 aliphatic heterocycles. The molecule has 2 aromatic rings. The Morgan fingerprint density at radius 2 is 0.818 bits per heavy atom. The Bertz CT molecular complexity index is 456. The molecule has 0 unspecified atom stereocenters. The molecule has 0 aliphatic carbocycles. The van der Waals surface area contributed by atoms with E-state index in [1.807, 2.05) is 48.8 Å². The fourth-order valence-corrected chi connectivity index (χ4v) is 1.12. The highest BCUT2D eigenvalue weighted by atomic mass is 19.5. The van der Waals surface area contributed by atoms with Crippen molar-refractivity contribution < 1.29 is 44.5 Å². The highest BCUT2D eigenvalue weighted by Crippen LogP contribution is 2.07. The monoisotopic (exact) mass is 332 g/mol. The number of H-pyrrole nitrogens is 2. The second kappa shape index (κ2) is 9.00.